The highest BCUT2D eigenvalue weighted by Gasteiger charge is 2.25. The zero-order chi connectivity index (χ0) is 20.8. The lowest BCUT2D eigenvalue weighted by Gasteiger charge is -2.29. The largest absolute Gasteiger partial charge is 0.493 e. The van der Waals surface area contributed by atoms with Gasteiger partial charge in [0.05, 0.1) is 14.2 Å². The van der Waals surface area contributed by atoms with Crippen LogP contribution in [0.5, 0.6) is 11.5 Å². The van der Waals surface area contributed by atoms with Crippen molar-refractivity contribution < 1.29 is 14.3 Å². The van der Waals surface area contributed by atoms with Crippen LogP contribution in [0, 0.1) is 6.92 Å². The first kappa shape index (κ1) is 20.9. The topological polar surface area (TPSA) is 76.6 Å². The minimum Gasteiger partial charge on any atom is -0.493 e. The van der Waals surface area contributed by atoms with Crippen LogP contribution in [-0.2, 0) is 13.0 Å². The average molecular weight is 399 g/mol. The fourth-order valence-corrected chi connectivity index (χ4v) is 3.58. The number of ether oxygens (including phenoxy) is 2. The van der Waals surface area contributed by atoms with Crippen LogP contribution in [0.2, 0.25) is 0 Å². The molecule has 3 rings (SSSR count). The summed E-state index contributed by atoms with van der Waals surface area (Å²) in [7, 11) is 3.25. The minimum absolute atomic E-state index is 0.0763. The summed E-state index contributed by atoms with van der Waals surface area (Å²) >= 11 is 0. The predicted octanol–water partition coefficient (Wildman–Crippen LogP) is 3.60. The first-order chi connectivity index (χ1) is 14.0. The van der Waals surface area contributed by atoms with Gasteiger partial charge in [-0.05, 0) is 43.0 Å². The molecule has 1 aromatic carbocycles. The molecule has 0 saturated heterocycles. The van der Waals surface area contributed by atoms with Crippen molar-refractivity contribution in [2.45, 2.75) is 46.1 Å². The Hall–Kier alpha value is -2.83. The predicted molar refractivity (Wildman–Crippen MR) is 113 cm³/mol. The van der Waals surface area contributed by atoms with E-state index in [2.05, 4.69) is 22.2 Å². The standard InChI is InChI=1S/C22H30N4O3/c1-5-6-7-9-23-21-13-18(24-15(2)25-21)22(27)26-10-8-16-11-19(28-3)20(29-4)12-17(16)14-26/h11-13H,5-10,14H2,1-4H3,(H,23,24,25). The number of anilines is 1. The molecule has 7 nitrogen and oxygen atoms in total. The number of hydrogen-bond donors (Lipinski definition) is 1. The number of methoxy groups -OCH3 is 2. The van der Waals surface area contributed by atoms with Gasteiger partial charge in [-0.25, -0.2) is 9.97 Å². The molecule has 0 bridgehead atoms. The van der Waals surface area contributed by atoms with Gasteiger partial charge in [-0.3, -0.25) is 4.79 Å². The molecule has 7 heteroatoms. The van der Waals surface area contributed by atoms with Crippen molar-refractivity contribution >= 4 is 11.7 Å². The molecule has 1 amide bonds. The van der Waals surface area contributed by atoms with Crippen LogP contribution < -0.4 is 14.8 Å². The Morgan fingerprint density at radius 2 is 1.83 bits per heavy atom. The molecule has 0 saturated carbocycles. The van der Waals surface area contributed by atoms with E-state index in [0.717, 1.165) is 30.7 Å². The first-order valence-corrected chi connectivity index (χ1v) is 10.2. The lowest BCUT2D eigenvalue weighted by molar-refractivity contribution is 0.0728. The lowest BCUT2D eigenvalue weighted by Crippen LogP contribution is -2.36. The van der Waals surface area contributed by atoms with E-state index in [1.807, 2.05) is 24.0 Å². The second kappa shape index (κ2) is 9.58. The number of fused-ring (bicyclic) bond motifs is 1. The molecule has 156 valence electrons. The van der Waals surface area contributed by atoms with Gasteiger partial charge in [-0.1, -0.05) is 19.8 Å². The quantitative estimate of drug-likeness (QED) is 0.685. The molecule has 0 atom stereocenters. The van der Waals surface area contributed by atoms with Gasteiger partial charge >= 0.3 is 0 Å². The summed E-state index contributed by atoms with van der Waals surface area (Å²) in [6.07, 6.45) is 4.19. The number of carbonyl (C=O) groups excluding carboxylic acids is 1. The number of aryl methyl sites for hydroxylation is 1. The van der Waals surface area contributed by atoms with Crippen LogP contribution >= 0.6 is 0 Å². The summed E-state index contributed by atoms with van der Waals surface area (Å²) in [5.41, 5.74) is 2.69. The maximum Gasteiger partial charge on any atom is 0.272 e. The van der Waals surface area contributed by atoms with Crippen molar-refractivity contribution in [3.63, 3.8) is 0 Å². The molecule has 0 fully saturated rings. The average Bonchev–Trinajstić information content (AvgIpc) is 2.74. The van der Waals surface area contributed by atoms with Crippen molar-refractivity contribution in [3.8, 4) is 11.5 Å². The van der Waals surface area contributed by atoms with Crippen molar-refractivity contribution in [1.29, 1.82) is 0 Å². The van der Waals surface area contributed by atoms with E-state index in [-0.39, 0.29) is 5.91 Å². The number of carbonyl (C=O) groups is 1. The van der Waals surface area contributed by atoms with Gasteiger partial charge in [0.15, 0.2) is 11.5 Å². The number of rotatable bonds is 8. The van der Waals surface area contributed by atoms with Crippen molar-refractivity contribution in [1.82, 2.24) is 14.9 Å². The van der Waals surface area contributed by atoms with Crippen LogP contribution in [0.1, 0.15) is 53.6 Å². The van der Waals surface area contributed by atoms with Crippen LogP contribution in [0.3, 0.4) is 0 Å². The van der Waals surface area contributed by atoms with E-state index in [4.69, 9.17) is 9.47 Å². The molecule has 0 aliphatic carbocycles. The molecule has 1 aliphatic rings. The summed E-state index contributed by atoms with van der Waals surface area (Å²) in [5.74, 6) is 2.62. The number of hydrogen-bond acceptors (Lipinski definition) is 6. The fraction of sp³-hybridized carbons (Fsp3) is 0.500. The second-order valence-electron chi connectivity index (χ2n) is 7.27. The summed E-state index contributed by atoms with van der Waals surface area (Å²) in [6.45, 7) is 6.00. The number of amides is 1. The molecular weight excluding hydrogens is 368 g/mol. The SMILES string of the molecule is CCCCCNc1cc(C(=O)N2CCc3cc(OC)c(OC)cc3C2)nc(C)n1. The highest BCUT2D eigenvalue weighted by Crippen LogP contribution is 2.33. The Balaban J connectivity index is 1.75. The van der Waals surface area contributed by atoms with Gasteiger partial charge in [0, 0.05) is 25.7 Å². The molecule has 0 radical (unpaired) electrons. The highest BCUT2D eigenvalue weighted by molar-refractivity contribution is 5.93. The van der Waals surface area contributed by atoms with Crippen LogP contribution in [-0.4, -0.2) is 48.1 Å². The van der Waals surface area contributed by atoms with E-state index in [1.165, 1.54) is 18.4 Å². The normalized spacial score (nSPS) is 13.0. The Kier molecular flexibility index (Phi) is 6.90. The van der Waals surface area contributed by atoms with Crippen LogP contribution in [0.15, 0.2) is 18.2 Å². The molecule has 1 aromatic heterocycles. The van der Waals surface area contributed by atoms with Crippen LogP contribution in [0.4, 0.5) is 5.82 Å². The summed E-state index contributed by atoms with van der Waals surface area (Å²) < 4.78 is 10.8. The number of unbranched alkanes of at least 4 members (excludes halogenated alkanes) is 2. The first-order valence-electron chi connectivity index (χ1n) is 10.2. The van der Waals surface area contributed by atoms with E-state index in [9.17, 15) is 4.79 Å². The third kappa shape index (κ3) is 4.96. The van der Waals surface area contributed by atoms with E-state index in [0.29, 0.717) is 36.2 Å². The fourth-order valence-electron chi connectivity index (χ4n) is 3.58. The molecule has 0 unspecified atom stereocenters. The van der Waals surface area contributed by atoms with E-state index in [1.54, 1.807) is 20.3 Å². The molecule has 2 aromatic rings. The Labute approximate surface area is 172 Å². The van der Waals surface area contributed by atoms with E-state index >= 15 is 0 Å². The van der Waals surface area contributed by atoms with Gasteiger partial charge in [0.1, 0.15) is 17.3 Å². The third-order valence-corrected chi connectivity index (χ3v) is 5.15. The Morgan fingerprint density at radius 1 is 1.10 bits per heavy atom. The number of nitrogens with zero attached hydrogens (tertiary/aromatic N) is 3. The van der Waals surface area contributed by atoms with Gasteiger partial charge in [0.25, 0.3) is 5.91 Å². The summed E-state index contributed by atoms with van der Waals surface area (Å²) in [6, 6.07) is 5.72. The van der Waals surface area contributed by atoms with Gasteiger partial charge < -0.3 is 19.7 Å². The van der Waals surface area contributed by atoms with Crippen molar-refractivity contribution in [2.24, 2.45) is 0 Å². The van der Waals surface area contributed by atoms with Crippen molar-refractivity contribution in [3.05, 3.63) is 40.8 Å². The smallest absolute Gasteiger partial charge is 0.272 e. The van der Waals surface area contributed by atoms with E-state index < -0.39 is 0 Å². The molecule has 2 heterocycles. The minimum atomic E-state index is -0.0763. The maximum absolute atomic E-state index is 13.1. The van der Waals surface area contributed by atoms with Crippen molar-refractivity contribution in [2.75, 3.05) is 32.6 Å². The molecular formula is C22H30N4O3. The van der Waals surface area contributed by atoms with Gasteiger partial charge in [-0.2, -0.15) is 0 Å². The summed E-state index contributed by atoms with van der Waals surface area (Å²) in [4.78, 5) is 23.7. The molecule has 1 N–H and O–H groups in total. The maximum atomic E-state index is 13.1. The van der Waals surface area contributed by atoms with Gasteiger partial charge in [-0.15, -0.1) is 0 Å². The Morgan fingerprint density at radius 3 is 2.52 bits per heavy atom. The number of aromatic nitrogens is 2. The Bertz CT molecular complexity index is 869. The molecule has 1 aliphatic heterocycles. The number of benzene rings is 1. The second-order valence-corrected chi connectivity index (χ2v) is 7.27. The summed E-state index contributed by atoms with van der Waals surface area (Å²) in [5, 5.41) is 3.31. The lowest BCUT2D eigenvalue weighted by atomic mass is 9.98. The highest BCUT2D eigenvalue weighted by atomic mass is 16.5. The zero-order valence-electron chi connectivity index (χ0n) is 17.7. The number of nitrogens with one attached hydrogen (secondary N) is 1. The third-order valence-electron chi connectivity index (χ3n) is 5.15. The molecule has 0 spiro atoms. The molecule has 29 heavy (non-hydrogen) atoms. The zero-order valence-corrected chi connectivity index (χ0v) is 17.7. The van der Waals surface area contributed by atoms with Gasteiger partial charge in [0.2, 0.25) is 0 Å². The monoisotopic (exact) mass is 398 g/mol. The van der Waals surface area contributed by atoms with Crippen LogP contribution in [0.25, 0.3) is 0 Å².